The second-order valence-electron chi connectivity index (χ2n) is 9.82. The number of alkyl halides is 3. The van der Waals surface area contributed by atoms with Gasteiger partial charge in [-0.25, -0.2) is 13.8 Å². The Kier molecular flexibility index (Phi) is 7.75. The van der Waals surface area contributed by atoms with Gasteiger partial charge in [-0.2, -0.15) is 13.2 Å². The maximum atomic E-state index is 14.0. The fourth-order valence-corrected chi connectivity index (χ4v) is 5.52. The molecule has 4 atom stereocenters. The van der Waals surface area contributed by atoms with Crippen molar-refractivity contribution in [2.75, 3.05) is 29.9 Å². The molecule has 2 unspecified atom stereocenters. The standard InChI is InChI=1S/C26H31F5N4O2/c1-4-34(17-8-9-19(27)20(28)12-17)25(37)22-13-18(33(3)21-6-5-7-23(21)36)14-35(22)24-11-16(26(29,30)31)10-15(2)32-24/h8-12,18,21-23,36H,4-7,13-14H2,1-3H3/t18?,21-,22?,23+/m0/s1. The van der Waals surface area contributed by atoms with E-state index in [2.05, 4.69) is 4.98 Å². The zero-order chi connectivity index (χ0) is 27.1. The fraction of sp³-hybridized carbons (Fsp3) is 0.538. The third-order valence-electron chi connectivity index (χ3n) is 7.47. The highest BCUT2D eigenvalue weighted by Crippen LogP contribution is 2.36. The quantitative estimate of drug-likeness (QED) is 0.561. The number of aryl methyl sites for hydroxylation is 1. The van der Waals surface area contributed by atoms with Crippen LogP contribution in [0.3, 0.4) is 0 Å². The number of hydrogen-bond donors (Lipinski definition) is 1. The lowest BCUT2D eigenvalue weighted by atomic mass is 10.1. The average Bonchev–Trinajstić information content (AvgIpc) is 3.47. The lowest BCUT2D eigenvalue weighted by Gasteiger charge is -2.32. The molecule has 1 aromatic carbocycles. The number of aliphatic hydroxyl groups is 1. The number of likely N-dealkylation sites (N-methyl/N-ethyl adjacent to an activating group) is 2. The molecule has 2 fully saturated rings. The molecular weight excluding hydrogens is 495 g/mol. The minimum Gasteiger partial charge on any atom is -0.391 e. The number of benzene rings is 1. The smallest absolute Gasteiger partial charge is 0.391 e. The van der Waals surface area contributed by atoms with E-state index in [0.717, 1.165) is 37.1 Å². The van der Waals surface area contributed by atoms with Crippen molar-refractivity contribution in [2.24, 2.45) is 0 Å². The van der Waals surface area contributed by atoms with Crippen molar-refractivity contribution in [3.8, 4) is 0 Å². The van der Waals surface area contributed by atoms with E-state index >= 15 is 0 Å². The summed E-state index contributed by atoms with van der Waals surface area (Å²) >= 11 is 0. The van der Waals surface area contributed by atoms with Crippen LogP contribution in [0.5, 0.6) is 0 Å². The van der Waals surface area contributed by atoms with Crippen LogP contribution in [0, 0.1) is 18.6 Å². The maximum Gasteiger partial charge on any atom is 0.416 e. The first-order chi connectivity index (χ1) is 17.4. The van der Waals surface area contributed by atoms with E-state index < -0.39 is 41.4 Å². The van der Waals surface area contributed by atoms with Gasteiger partial charge in [0.25, 0.3) is 0 Å². The number of pyridine rings is 1. The second kappa shape index (κ2) is 10.5. The van der Waals surface area contributed by atoms with E-state index in [4.69, 9.17) is 0 Å². The van der Waals surface area contributed by atoms with Gasteiger partial charge in [0.05, 0.1) is 11.7 Å². The maximum absolute atomic E-state index is 14.0. The number of aliphatic hydroxyl groups excluding tert-OH is 1. The zero-order valence-corrected chi connectivity index (χ0v) is 21.0. The van der Waals surface area contributed by atoms with Crippen LogP contribution in [0.25, 0.3) is 0 Å². The van der Waals surface area contributed by atoms with Gasteiger partial charge in [0.15, 0.2) is 11.6 Å². The molecule has 2 aromatic rings. The molecule has 0 spiro atoms. The summed E-state index contributed by atoms with van der Waals surface area (Å²) < 4.78 is 68.3. The summed E-state index contributed by atoms with van der Waals surface area (Å²) in [5.41, 5.74) is -0.549. The molecule has 1 saturated carbocycles. The average molecular weight is 527 g/mol. The summed E-state index contributed by atoms with van der Waals surface area (Å²) in [4.78, 5) is 23.0. The van der Waals surface area contributed by atoms with Gasteiger partial charge in [0.2, 0.25) is 5.91 Å². The van der Waals surface area contributed by atoms with Gasteiger partial charge in [-0.15, -0.1) is 0 Å². The van der Waals surface area contributed by atoms with Crippen molar-refractivity contribution in [1.82, 2.24) is 9.88 Å². The first-order valence-electron chi connectivity index (χ1n) is 12.4. The molecule has 1 aliphatic heterocycles. The van der Waals surface area contributed by atoms with Gasteiger partial charge in [-0.05, 0) is 70.8 Å². The monoisotopic (exact) mass is 526 g/mol. The second-order valence-corrected chi connectivity index (χ2v) is 9.82. The van der Waals surface area contributed by atoms with Crippen LogP contribution in [0.4, 0.5) is 33.5 Å². The van der Waals surface area contributed by atoms with Gasteiger partial charge in [-0.1, -0.05) is 0 Å². The van der Waals surface area contributed by atoms with Gasteiger partial charge in [0, 0.05) is 42.6 Å². The molecule has 0 bridgehead atoms. The number of anilines is 2. The van der Waals surface area contributed by atoms with Crippen LogP contribution < -0.4 is 9.80 Å². The van der Waals surface area contributed by atoms with E-state index in [1.165, 1.54) is 17.9 Å². The highest BCUT2D eigenvalue weighted by atomic mass is 19.4. The minimum atomic E-state index is -4.59. The summed E-state index contributed by atoms with van der Waals surface area (Å²) in [6.45, 7) is 3.51. The van der Waals surface area contributed by atoms with Crippen molar-refractivity contribution in [3.05, 3.63) is 53.2 Å². The van der Waals surface area contributed by atoms with Crippen molar-refractivity contribution in [2.45, 2.75) is 69.9 Å². The molecule has 37 heavy (non-hydrogen) atoms. The Bertz CT molecular complexity index is 1140. The lowest BCUT2D eigenvalue weighted by Crippen LogP contribution is -2.46. The van der Waals surface area contributed by atoms with Crippen molar-refractivity contribution in [1.29, 1.82) is 0 Å². The normalized spacial score (nSPS) is 24.2. The number of halogens is 5. The minimum absolute atomic E-state index is 0.0230. The SMILES string of the molecule is CCN(C(=O)C1CC(N(C)[C@H]2CCC[C@H]2O)CN1c1cc(C(F)(F)F)cc(C)n1)c1ccc(F)c(F)c1. The van der Waals surface area contributed by atoms with E-state index in [-0.39, 0.29) is 48.8 Å². The first-order valence-corrected chi connectivity index (χ1v) is 12.4. The highest BCUT2D eigenvalue weighted by Gasteiger charge is 2.44. The van der Waals surface area contributed by atoms with Crippen LogP contribution in [-0.4, -0.2) is 65.3 Å². The third-order valence-corrected chi connectivity index (χ3v) is 7.47. The molecule has 1 N–H and O–H groups in total. The Morgan fingerprint density at radius 3 is 2.49 bits per heavy atom. The van der Waals surface area contributed by atoms with Crippen LogP contribution in [0.1, 0.15) is 43.9 Å². The highest BCUT2D eigenvalue weighted by molar-refractivity contribution is 5.99. The topological polar surface area (TPSA) is 59.9 Å². The Morgan fingerprint density at radius 2 is 1.89 bits per heavy atom. The molecule has 0 radical (unpaired) electrons. The molecule has 4 rings (SSSR count). The van der Waals surface area contributed by atoms with E-state index in [0.29, 0.717) is 6.42 Å². The number of hydrogen-bond acceptors (Lipinski definition) is 5. The molecule has 1 saturated heterocycles. The summed E-state index contributed by atoms with van der Waals surface area (Å²) in [6, 6.07) is 3.79. The molecule has 1 aromatic heterocycles. The van der Waals surface area contributed by atoms with Crippen LogP contribution >= 0.6 is 0 Å². The van der Waals surface area contributed by atoms with E-state index in [9.17, 15) is 31.9 Å². The van der Waals surface area contributed by atoms with Crippen molar-refractivity contribution >= 4 is 17.4 Å². The predicted molar refractivity (Wildman–Crippen MR) is 129 cm³/mol. The predicted octanol–water partition coefficient (Wildman–Crippen LogP) is 4.53. The molecule has 1 aliphatic carbocycles. The van der Waals surface area contributed by atoms with Crippen LogP contribution in [0.15, 0.2) is 30.3 Å². The van der Waals surface area contributed by atoms with Gasteiger partial charge < -0.3 is 14.9 Å². The largest absolute Gasteiger partial charge is 0.416 e. The van der Waals surface area contributed by atoms with Crippen LogP contribution in [-0.2, 0) is 11.0 Å². The molecular formula is C26H31F5N4O2. The number of nitrogens with zero attached hydrogens (tertiary/aromatic N) is 4. The Labute approximate surface area is 212 Å². The molecule has 202 valence electrons. The number of aromatic nitrogens is 1. The Morgan fingerprint density at radius 1 is 1.16 bits per heavy atom. The van der Waals surface area contributed by atoms with Crippen molar-refractivity contribution in [3.63, 3.8) is 0 Å². The number of carbonyl (C=O) groups is 1. The Hall–Kier alpha value is -2.79. The molecule has 6 nitrogen and oxygen atoms in total. The van der Waals surface area contributed by atoms with Gasteiger partial charge in [0.1, 0.15) is 11.9 Å². The number of amides is 1. The summed E-state index contributed by atoms with van der Waals surface area (Å²) in [5, 5.41) is 10.4. The van der Waals surface area contributed by atoms with Crippen molar-refractivity contribution < 1.29 is 31.9 Å². The van der Waals surface area contributed by atoms with Gasteiger partial charge in [-0.3, -0.25) is 9.69 Å². The summed E-state index contributed by atoms with van der Waals surface area (Å²) in [7, 11) is 1.85. The molecule has 2 aliphatic rings. The van der Waals surface area contributed by atoms with E-state index in [1.54, 1.807) is 11.8 Å². The third kappa shape index (κ3) is 5.57. The molecule has 11 heteroatoms. The number of carbonyl (C=O) groups excluding carboxylic acids is 1. The summed E-state index contributed by atoms with van der Waals surface area (Å²) in [5.74, 6) is -2.58. The van der Waals surface area contributed by atoms with E-state index in [1.807, 2.05) is 11.9 Å². The fourth-order valence-electron chi connectivity index (χ4n) is 5.52. The zero-order valence-electron chi connectivity index (χ0n) is 21.0. The first kappa shape index (κ1) is 27.3. The molecule has 2 heterocycles. The Balaban J connectivity index is 1.71. The molecule has 1 amide bonds. The lowest BCUT2D eigenvalue weighted by molar-refractivity contribution is -0.137. The number of rotatable bonds is 6. The summed E-state index contributed by atoms with van der Waals surface area (Å²) in [6.07, 6.45) is -2.52. The van der Waals surface area contributed by atoms with Gasteiger partial charge >= 0.3 is 6.18 Å². The van der Waals surface area contributed by atoms with Crippen LogP contribution in [0.2, 0.25) is 0 Å².